The number of nitrogens with two attached hydrogens (primary N) is 1. The van der Waals surface area contributed by atoms with E-state index in [9.17, 15) is 9.59 Å². The van der Waals surface area contributed by atoms with Gasteiger partial charge in [0.25, 0.3) is 5.56 Å². The molecule has 30 heavy (non-hydrogen) atoms. The monoisotopic (exact) mass is 407 g/mol. The van der Waals surface area contributed by atoms with Gasteiger partial charge >= 0.3 is 0 Å². The maximum atomic E-state index is 12.8. The van der Waals surface area contributed by atoms with E-state index in [0.29, 0.717) is 24.7 Å². The Morgan fingerprint density at radius 2 is 2.07 bits per heavy atom. The molecule has 1 aliphatic heterocycles. The number of hydrogen-bond donors (Lipinski definition) is 2. The third-order valence-electron chi connectivity index (χ3n) is 5.90. The molecule has 1 unspecified atom stereocenters. The van der Waals surface area contributed by atoms with Crippen LogP contribution in [0.3, 0.4) is 0 Å². The molecular formula is C23H29N5O2. The Morgan fingerprint density at radius 3 is 2.80 bits per heavy atom. The van der Waals surface area contributed by atoms with Crippen molar-refractivity contribution in [2.24, 2.45) is 11.7 Å². The molecule has 0 bridgehead atoms. The lowest BCUT2D eigenvalue weighted by molar-refractivity contribution is -0.127. The first kappa shape index (κ1) is 20.3. The molecule has 0 aromatic carbocycles. The fourth-order valence-corrected chi connectivity index (χ4v) is 4.10. The number of nitrogens with zero attached hydrogens (tertiary/aromatic N) is 3. The van der Waals surface area contributed by atoms with Crippen LogP contribution in [0.4, 0.5) is 5.69 Å². The summed E-state index contributed by atoms with van der Waals surface area (Å²) in [5.74, 6) is 0.619. The maximum absolute atomic E-state index is 12.8. The molecule has 2 aromatic heterocycles. The number of aromatic amines is 1. The number of carbonyl (C=O) groups is 1. The topological polar surface area (TPSA) is 95.3 Å². The number of pyridine rings is 2. The molecule has 3 N–H and O–H groups in total. The molecule has 1 aliphatic carbocycles. The van der Waals surface area contributed by atoms with Crippen LogP contribution in [0.5, 0.6) is 0 Å². The van der Waals surface area contributed by atoms with Gasteiger partial charge in [0.2, 0.25) is 5.91 Å². The van der Waals surface area contributed by atoms with Crippen LogP contribution >= 0.6 is 0 Å². The smallest absolute Gasteiger partial charge is 0.271 e. The fraction of sp³-hybridized carbons (Fsp3) is 0.435. The molecule has 7 heteroatoms. The Bertz CT molecular complexity index is 952. The molecule has 7 nitrogen and oxygen atoms in total. The molecule has 1 atom stereocenters. The minimum absolute atomic E-state index is 0.00373. The molecule has 0 spiro atoms. The third kappa shape index (κ3) is 4.79. The highest BCUT2D eigenvalue weighted by molar-refractivity contribution is 5.87. The van der Waals surface area contributed by atoms with E-state index in [1.807, 2.05) is 23.1 Å². The van der Waals surface area contributed by atoms with E-state index in [1.54, 1.807) is 30.7 Å². The number of amides is 1. The fourth-order valence-electron chi connectivity index (χ4n) is 4.10. The molecule has 2 aliphatic rings. The van der Waals surface area contributed by atoms with Crippen molar-refractivity contribution in [1.82, 2.24) is 14.9 Å². The number of anilines is 1. The summed E-state index contributed by atoms with van der Waals surface area (Å²) in [6.45, 7) is 2.58. The van der Waals surface area contributed by atoms with E-state index in [2.05, 4.69) is 14.9 Å². The number of rotatable bonds is 7. The first-order valence-corrected chi connectivity index (χ1v) is 10.7. The largest absolute Gasteiger partial charge is 0.362 e. The Labute approximate surface area is 176 Å². The van der Waals surface area contributed by atoms with Crippen LogP contribution in [0.1, 0.15) is 25.7 Å². The van der Waals surface area contributed by atoms with Crippen molar-refractivity contribution in [3.05, 3.63) is 59.3 Å². The van der Waals surface area contributed by atoms with Gasteiger partial charge in [0.15, 0.2) is 0 Å². The summed E-state index contributed by atoms with van der Waals surface area (Å²) < 4.78 is 0. The van der Waals surface area contributed by atoms with Crippen LogP contribution in [0, 0.1) is 5.92 Å². The quantitative estimate of drug-likeness (QED) is 0.686. The van der Waals surface area contributed by atoms with Gasteiger partial charge in [-0.2, -0.15) is 0 Å². The van der Waals surface area contributed by atoms with Gasteiger partial charge in [0.1, 0.15) is 5.69 Å². The minimum atomic E-state index is -0.0834. The number of likely N-dealkylation sites (tertiary alicyclic amines) is 1. The molecule has 2 fully saturated rings. The second kappa shape index (κ2) is 9.26. The molecule has 158 valence electrons. The number of nitrogens with one attached hydrogen (secondary N) is 1. The van der Waals surface area contributed by atoms with Gasteiger partial charge in [-0.05, 0) is 55.4 Å². The SMILES string of the molecule is NCC=CC(=O)N1CCCC(N(CC2CC2)c2cc(-c3ccncc3)c[nH]c2=O)C1. The Balaban J connectivity index is 1.62. The lowest BCUT2D eigenvalue weighted by Crippen LogP contribution is -2.51. The van der Waals surface area contributed by atoms with Crippen LogP contribution in [0.25, 0.3) is 11.1 Å². The Morgan fingerprint density at radius 1 is 1.27 bits per heavy atom. The second-order valence-electron chi connectivity index (χ2n) is 8.15. The summed E-state index contributed by atoms with van der Waals surface area (Å²) in [6.07, 6.45) is 12.8. The van der Waals surface area contributed by atoms with Crippen molar-refractivity contribution in [2.75, 3.05) is 31.1 Å². The van der Waals surface area contributed by atoms with Crippen LogP contribution in [-0.2, 0) is 4.79 Å². The molecular weight excluding hydrogens is 378 g/mol. The van der Waals surface area contributed by atoms with E-state index in [1.165, 1.54) is 12.8 Å². The molecule has 4 rings (SSSR count). The van der Waals surface area contributed by atoms with Crippen molar-refractivity contribution < 1.29 is 4.79 Å². The van der Waals surface area contributed by atoms with Gasteiger partial charge in [0.05, 0.1) is 0 Å². The molecule has 1 amide bonds. The van der Waals surface area contributed by atoms with Crippen LogP contribution in [-0.4, -0.2) is 53.0 Å². The summed E-state index contributed by atoms with van der Waals surface area (Å²) >= 11 is 0. The summed E-state index contributed by atoms with van der Waals surface area (Å²) in [7, 11) is 0. The average Bonchev–Trinajstić information content (AvgIpc) is 3.61. The standard InChI is InChI=1S/C23H29N5O2/c24-9-1-4-22(29)27-12-2-3-20(16-27)28(15-17-5-6-17)21-13-19(14-26-23(21)30)18-7-10-25-11-8-18/h1,4,7-8,10-11,13-14,17,20H,2-3,5-6,9,12,15-16,24H2,(H,26,30). The molecule has 0 radical (unpaired) electrons. The summed E-state index contributed by atoms with van der Waals surface area (Å²) in [6, 6.07) is 5.98. The highest BCUT2D eigenvalue weighted by Gasteiger charge is 2.33. The van der Waals surface area contributed by atoms with E-state index in [-0.39, 0.29) is 17.5 Å². The summed E-state index contributed by atoms with van der Waals surface area (Å²) in [5.41, 5.74) is 8.07. The molecule has 1 saturated heterocycles. The van der Waals surface area contributed by atoms with Crippen molar-refractivity contribution in [2.45, 2.75) is 31.7 Å². The van der Waals surface area contributed by atoms with Crippen LogP contribution in [0.15, 0.2) is 53.7 Å². The van der Waals surface area contributed by atoms with Gasteiger partial charge < -0.3 is 20.5 Å². The number of carbonyl (C=O) groups excluding carboxylic acids is 1. The number of piperidine rings is 1. The highest BCUT2D eigenvalue weighted by atomic mass is 16.2. The first-order chi connectivity index (χ1) is 14.7. The van der Waals surface area contributed by atoms with Crippen LogP contribution in [0.2, 0.25) is 0 Å². The maximum Gasteiger partial charge on any atom is 0.271 e. The number of H-pyrrole nitrogens is 1. The lowest BCUT2D eigenvalue weighted by atomic mass is 10.0. The van der Waals surface area contributed by atoms with Gasteiger partial charge in [-0.15, -0.1) is 0 Å². The summed E-state index contributed by atoms with van der Waals surface area (Å²) in [5, 5.41) is 0. The van der Waals surface area contributed by atoms with E-state index in [0.717, 1.165) is 37.1 Å². The van der Waals surface area contributed by atoms with E-state index < -0.39 is 0 Å². The average molecular weight is 408 g/mol. The summed E-state index contributed by atoms with van der Waals surface area (Å²) in [4.78, 5) is 36.4. The normalized spacial score (nSPS) is 19.2. The lowest BCUT2D eigenvalue weighted by Gasteiger charge is -2.40. The molecule has 1 saturated carbocycles. The van der Waals surface area contributed by atoms with Gasteiger partial charge in [0, 0.05) is 62.5 Å². The Hall–Kier alpha value is -2.93. The first-order valence-electron chi connectivity index (χ1n) is 10.7. The van der Waals surface area contributed by atoms with E-state index in [4.69, 9.17) is 5.73 Å². The van der Waals surface area contributed by atoms with Gasteiger partial charge in [-0.3, -0.25) is 14.6 Å². The highest BCUT2D eigenvalue weighted by Crippen LogP contribution is 2.33. The van der Waals surface area contributed by atoms with Crippen molar-refractivity contribution in [1.29, 1.82) is 0 Å². The van der Waals surface area contributed by atoms with Crippen molar-refractivity contribution in [3.8, 4) is 11.1 Å². The number of hydrogen-bond acceptors (Lipinski definition) is 5. The van der Waals surface area contributed by atoms with Gasteiger partial charge in [-0.1, -0.05) is 6.08 Å². The zero-order valence-electron chi connectivity index (χ0n) is 17.2. The molecule has 3 heterocycles. The predicted octanol–water partition coefficient (Wildman–Crippen LogP) is 2.16. The second-order valence-corrected chi connectivity index (χ2v) is 8.15. The Kier molecular flexibility index (Phi) is 6.28. The van der Waals surface area contributed by atoms with Crippen LogP contribution < -0.4 is 16.2 Å². The van der Waals surface area contributed by atoms with Crippen molar-refractivity contribution in [3.63, 3.8) is 0 Å². The van der Waals surface area contributed by atoms with E-state index >= 15 is 0 Å². The predicted molar refractivity (Wildman–Crippen MR) is 118 cm³/mol. The van der Waals surface area contributed by atoms with Gasteiger partial charge in [-0.25, -0.2) is 0 Å². The zero-order valence-corrected chi connectivity index (χ0v) is 17.2. The molecule has 2 aromatic rings. The zero-order chi connectivity index (χ0) is 20.9. The number of aromatic nitrogens is 2. The third-order valence-corrected chi connectivity index (χ3v) is 5.90. The van der Waals surface area contributed by atoms with Crippen molar-refractivity contribution >= 4 is 11.6 Å². The minimum Gasteiger partial charge on any atom is -0.362 e.